The van der Waals surface area contributed by atoms with Crippen molar-refractivity contribution in [2.24, 2.45) is 0 Å². The smallest absolute Gasteiger partial charge is 0.211 e. The van der Waals surface area contributed by atoms with E-state index in [2.05, 4.69) is 76.2 Å². The van der Waals surface area contributed by atoms with Crippen LogP contribution in [0.4, 0.5) is 0 Å². The number of hydrogen-bond donors (Lipinski definition) is 0. The molecule has 0 radical (unpaired) electrons. The van der Waals surface area contributed by atoms with Crippen LogP contribution in [0.15, 0.2) is 59.7 Å². The van der Waals surface area contributed by atoms with Gasteiger partial charge in [0.25, 0.3) is 0 Å². The Morgan fingerprint density at radius 3 is 1.85 bits per heavy atom. The van der Waals surface area contributed by atoms with Gasteiger partial charge in [0.1, 0.15) is 0 Å². The summed E-state index contributed by atoms with van der Waals surface area (Å²) in [5.74, 6) is 0. The van der Waals surface area contributed by atoms with Gasteiger partial charge in [-0.3, -0.25) is 0 Å². The molecule has 0 atom stereocenters. The van der Waals surface area contributed by atoms with Crippen molar-refractivity contribution in [3.63, 3.8) is 0 Å². The number of nitrogens with zero attached hydrogens (tertiary/aromatic N) is 2. The van der Waals surface area contributed by atoms with Gasteiger partial charge in [-0.2, -0.15) is 0 Å². The Bertz CT molecular complexity index is 1010. The zero-order chi connectivity index (χ0) is 24.3. The Balaban J connectivity index is 2.06. The van der Waals surface area contributed by atoms with E-state index in [9.17, 15) is 5.53 Å². The highest BCUT2D eigenvalue weighted by Crippen LogP contribution is 2.44. The van der Waals surface area contributed by atoms with E-state index in [1.54, 1.807) is 0 Å². The average Bonchev–Trinajstić information content (AvgIpc) is 3.15. The molecule has 2 aromatic carbocycles. The van der Waals surface area contributed by atoms with E-state index in [4.69, 9.17) is 0 Å². The first-order valence-corrected chi connectivity index (χ1v) is 13.8. The van der Waals surface area contributed by atoms with Gasteiger partial charge < -0.3 is 5.53 Å². The largest absolute Gasteiger partial charge is 0.493 e. The number of hydrogen-bond acceptors (Lipinski definition) is 0. The summed E-state index contributed by atoms with van der Waals surface area (Å²) in [6.45, 7) is 8.95. The molecule has 0 unspecified atom stereocenters. The van der Waals surface area contributed by atoms with Crippen LogP contribution in [0.3, 0.4) is 0 Å². The molecule has 182 valence electrons. The molecule has 0 amide bonds. The van der Waals surface area contributed by atoms with Gasteiger partial charge in [0.05, 0.1) is 0 Å². The van der Waals surface area contributed by atoms with Crippen molar-refractivity contribution in [3.05, 3.63) is 87.5 Å². The molecule has 1 aliphatic heterocycles. The van der Waals surface area contributed by atoms with E-state index in [-0.39, 0.29) is 0 Å². The van der Waals surface area contributed by atoms with Crippen molar-refractivity contribution in [1.82, 2.24) is 0 Å². The van der Waals surface area contributed by atoms with Gasteiger partial charge in [0.2, 0.25) is 11.4 Å². The molecule has 0 bridgehead atoms. The number of aryl methyl sites for hydroxylation is 2. The van der Waals surface area contributed by atoms with E-state index in [0.29, 0.717) is 0 Å². The second kappa shape index (κ2) is 13.4. The Morgan fingerprint density at radius 2 is 1.21 bits per heavy atom. The van der Waals surface area contributed by atoms with Crippen LogP contribution in [-0.2, 0) is 12.8 Å². The summed E-state index contributed by atoms with van der Waals surface area (Å²) >= 11 is 0. The minimum Gasteiger partial charge on any atom is -0.493 e. The van der Waals surface area contributed by atoms with Crippen molar-refractivity contribution < 1.29 is 4.70 Å². The molecule has 0 aromatic heterocycles. The van der Waals surface area contributed by atoms with Gasteiger partial charge in [-0.15, -0.1) is 0 Å². The number of allylic oxidation sites excluding steroid dienone is 2. The third-order valence-electron chi connectivity index (χ3n) is 7.08. The minimum atomic E-state index is 0.998. The Kier molecular flexibility index (Phi) is 10.3. The maximum atomic E-state index is 11.7. The predicted molar refractivity (Wildman–Crippen MR) is 147 cm³/mol. The third-order valence-corrected chi connectivity index (χ3v) is 7.08. The molecule has 34 heavy (non-hydrogen) atoms. The summed E-state index contributed by atoms with van der Waals surface area (Å²) in [5, 5.41) is 0. The van der Waals surface area contributed by atoms with Gasteiger partial charge in [-0.25, -0.2) is 4.70 Å². The molecule has 1 aliphatic rings. The number of benzene rings is 2. The Hall–Kier alpha value is -2.48. The van der Waals surface area contributed by atoms with Crippen LogP contribution in [0, 0.1) is 0 Å². The maximum Gasteiger partial charge on any atom is 0.211 e. The number of rotatable bonds is 14. The lowest BCUT2D eigenvalue weighted by Gasteiger charge is -2.11. The summed E-state index contributed by atoms with van der Waals surface area (Å²) in [4.78, 5) is 0. The monoisotopic (exact) mass is 456 g/mol. The van der Waals surface area contributed by atoms with Crippen LogP contribution in [0.2, 0.25) is 0 Å². The van der Waals surface area contributed by atoms with Crippen LogP contribution < -0.4 is 0 Å². The lowest BCUT2D eigenvalue weighted by Crippen LogP contribution is -2.03. The highest BCUT2D eigenvalue weighted by Gasteiger charge is 2.35. The molecule has 0 saturated carbocycles. The van der Waals surface area contributed by atoms with Gasteiger partial charge >= 0.3 is 0 Å². The maximum absolute atomic E-state index is 11.7. The fraction of sp³-hybridized carbons (Fsp3) is 0.500. The SMILES string of the molecule is CCCCCCC1=C(c2cccc(CC)c2)[N+](=[N-])C(c2ccc(CCCC)cc2)=C1CCCC. The first-order valence-electron chi connectivity index (χ1n) is 13.8. The Morgan fingerprint density at radius 1 is 0.588 bits per heavy atom. The molecule has 0 N–H and O–H groups in total. The van der Waals surface area contributed by atoms with Crippen LogP contribution in [-0.4, -0.2) is 4.70 Å². The fourth-order valence-electron chi connectivity index (χ4n) is 5.02. The second-order valence-electron chi connectivity index (χ2n) is 9.73. The summed E-state index contributed by atoms with van der Waals surface area (Å²) in [6.07, 6.45) is 13.8. The second-order valence-corrected chi connectivity index (χ2v) is 9.73. The van der Waals surface area contributed by atoms with Gasteiger partial charge in [-0.1, -0.05) is 84.1 Å². The molecule has 3 rings (SSSR count). The summed E-state index contributed by atoms with van der Waals surface area (Å²) in [7, 11) is 0. The van der Waals surface area contributed by atoms with Crippen molar-refractivity contribution in [1.29, 1.82) is 0 Å². The fourth-order valence-corrected chi connectivity index (χ4v) is 5.02. The Labute approximate surface area is 208 Å². The minimum absolute atomic E-state index is 0.998. The molecule has 0 aliphatic carbocycles. The molecular weight excluding hydrogens is 412 g/mol. The molecule has 2 aromatic rings. The van der Waals surface area contributed by atoms with Crippen LogP contribution in [0.1, 0.15) is 114 Å². The molecule has 0 spiro atoms. The van der Waals surface area contributed by atoms with Crippen LogP contribution >= 0.6 is 0 Å². The van der Waals surface area contributed by atoms with Crippen molar-refractivity contribution >= 4 is 11.4 Å². The van der Waals surface area contributed by atoms with E-state index in [1.807, 2.05) is 0 Å². The standard InChI is InChI=1S/C32H44N2/c1-5-9-12-13-19-30-29(18-11-7-3)31(27-22-20-26(21-23-27)15-10-6-2)34(33)32(30)28-17-14-16-25(8-4)24-28/h14,16-17,20-24H,5-13,15,18-19H2,1-4H3. The van der Waals surface area contributed by atoms with Gasteiger partial charge in [0.15, 0.2) is 0 Å². The first kappa shape index (κ1) is 26.1. The molecule has 2 heteroatoms. The highest BCUT2D eigenvalue weighted by atomic mass is 15.2. The summed E-state index contributed by atoms with van der Waals surface area (Å²) < 4.78 is 1.52. The van der Waals surface area contributed by atoms with E-state index >= 15 is 0 Å². The van der Waals surface area contributed by atoms with Gasteiger partial charge in [-0.05, 0) is 80.3 Å². The zero-order valence-electron chi connectivity index (χ0n) is 22.0. The number of unbranched alkanes of at least 4 members (excludes halogenated alkanes) is 5. The lowest BCUT2D eigenvalue weighted by molar-refractivity contribution is -0.345. The highest BCUT2D eigenvalue weighted by molar-refractivity contribution is 5.82. The van der Waals surface area contributed by atoms with E-state index in [1.165, 1.54) is 65.5 Å². The van der Waals surface area contributed by atoms with Crippen LogP contribution in [0.25, 0.3) is 16.9 Å². The molecular formula is C32H44N2. The zero-order valence-corrected chi connectivity index (χ0v) is 22.0. The summed E-state index contributed by atoms with van der Waals surface area (Å²) in [6, 6.07) is 17.7. The topological polar surface area (TPSA) is 25.3 Å². The van der Waals surface area contributed by atoms with Crippen LogP contribution in [0.5, 0.6) is 0 Å². The molecule has 0 fully saturated rings. The van der Waals surface area contributed by atoms with Crippen molar-refractivity contribution in [2.45, 2.75) is 105 Å². The van der Waals surface area contributed by atoms with Crippen molar-refractivity contribution in [2.75, 3.05) is 0 Å². The molecule has 1 heterocycles. The first-order chi connectivity index (χ1) is 16.6. The molecule has 0 saturated heterocycles. The van der Waals surface area contributed by atoms with Crippen molar-refractivity contribution in [3.8, 4) is 0 Å². The van der Waals surface area contributed by atoms with E-state index in [0.717, 1.165) is 61.0 Å². The summed E-state index contributed by atoms with van der Waals surface area (Å²) in [5.41, 5.74) is 21.3. The third kappa shape index (κ3) is 6.34. The quantitative estimate of drug-likeness (QED) is 0.200. The normalized spacial score (nSPS) is 13.9. The predicted octanol–water partition coefficient (Wildman–Crippen LogP) is 9.92. The average molecular weight is 457 g/mol. The molecule has 2 nitrogen and oxygen atoms in total. The van der Waals surface area contributed by atoms with Gasteiger partial charge in [0, 0.05) is 22.3 Å². The lowest BCUT2D eigenvalue weighted by atomic mass is 9.91. The van der Waals surface area contributed by atoms with E-state index < -0.39 is 0 Å².